The summed E-state index contributed by atoms with van der Waals surface area (Å²) in [5.41, 5.74) is 0. The SMILES string of the molecule is CCCCCCCCC(O)CCCCC(CC)S(=O)(=O)[O-].[K+]. The molecule has 0 saturated carbocycles. The van der Waals surface area contributed by atoms with E-state index in [1.54, 1.807) is 6.92 Å². The molecule has 0 aliphatic rings. The average Bonchev–Trinajstić information content (AvgIpc) is 2.41. The Morgan fingerprint density at radius 3 is 1.82 bits per heavy atom. The van der Waals surface area contributed by atoms with Gasteiger partial charge in [0.05, 0.1) is 16.2 Å². The van der Waals surface area contributed by atoms with Gasteiger partial charge in [0, 0.05) is 5.25 Å². The van der Waals surface area contributed by atoms with Gasteiger partial charge in [0.2, 0.25) is 0 Å². The molecule has 22 heavy (non-hydrogen) atoms. The quantitative estimate of drug-likeness (QED) is 0.285. The molecule has 0 amide bonds. The van der Waals surface area contributed by atoms with Crippen molar-refractivity contribution in [2.24, 2.45) is 0 Å². The first kappa shape index (κ1) is 25.7. The molecule has 0 aliphatic heterocycles. The Bertz CT molecular complexity index is 333. The van der Waals surface area contributed by atoms with E-state index in [1.807, 2.05) is 0 Å². The number of hydrogen-bond acceptors (Lipinski definition) is 4. The molecular weight excluding hydrogens is 327 g/mol. The zero-order valence-corrected chi connectivity index (χ0v) is 18.7. The second kappa shape index (κ2) is 16.0. The number of hydrogen-bond donors (Lipinski definition) is 1. The van der Waals surface area contributed by atoms with Gasteiger partial charge < -0.3 is 9.66 Å². The van der Waals surface area contributed by atoms with Crippen LogP contribution in [0.3, 0.4) is 0 Å². The molecule has 0 rings (SSSR count). The molecule has 128 valence electrons. The Hall–Kier alpha value is 1.51. The third-order valence-electron chi connectivity index (χ3n) is 4.07. The fourth-order valence-electron chi connectivity index (χ4n) is 2.61. The van der Waals surface area contributed by atoms with Crippen LogP contribution in [0.2, 0.25) is 0 Å². The minimum atomic E-state index is -4.15. The Morgan fingerprint density at radius 2 is 1.32 bits per heavy atom. The summed E-state index contributed by atoms with van der Waals surface area (Å²) in [6, 6.07) is 0. The van der Waals surface area contributed by atoms with Crippen molar-refractivity contribution in [3.63, 3.8) is 0 Å². The monoisotopic (exact) mass is 360 g/mol. The molecule has 0 heterocycles. The topological polar surface area (TPSA) is 77.4 Å². The summed E-state index contributed by atoms with van der Waals surface area (Å²) in [4.78, 5) is 0. The molecule has 0 aromatic heterocycles. The van der Waals surface area contributed by atoms with Crippen molar-refractivity contribution in [3.05, 3.63) is 0 Å². The van der Waals surface area contributed by atoms with Crippen molar-refractivity contribution in [2.75, 3.05) is 0 Å². The van der Waals surface area contributed by atoms with Crippen LogP contribution < -0.4 is 51.4 Å². The molecule has 2 atom stereocenters. The number of rotatable bonds is 14. The number of unbranched alkanes of at least 4 members (excludes halogenated alkanes) is 6. The van der Waals surface area contributed by atoms with Crippen LogP contribution in [0.1, 0.15) is 90.9 Å². The summed E-state index contributed by atoms with van der Waals surface area (Å²) in [7, 11) is -4.15. The second-order valence-electron chi connectivity index (χ2n) is 6.02. The van der Waals surface area contributed by atoms with E-state index >= 15 is 0 Å². The normalized spacial score (nSPS) is 14.4. The van der Waals surface area contributed by atoms with Crippen LogP contribution in [0, 0.1) is 0 Å². The molecule has 1 N–H and O–H groups in total. The Balaban J connectivity index is 0. The molecule has 2 unspecified atom stereocenters. The average molecular weight is 361 g/mol. The first-order valence-corrected chi connectivity index (χ1v) is 10.0. The first-order valence-electron chi connectivity index (χ1n) is 8.54. The molecule has 0 bridgehead atoms. The van der Waals surface area contributed by atoms with Gasteiger partial charge in [0.25, 0.3) is 0 Å². The molecule has 0 spiro atoms. The molecule has 0 saturated heterocycles. The minimum Gasteiger partial charge on any atom is -0.748 e. The van der Waals surface area contributed by atoms with Gasteiger partial charge in [-0.3, -0.25) is 0 Å². The van der Waals surface area contributed by atoms with Gasteiger partial charge in [0.1, 0.15) is 0 Å². The fourth-order valence-corrected chi connectivity index (χ4v) is 3.47. The van der Waals surface area contributed by atoms with Gasteiger partial charge in [-0.2, -0.15) is 0 Å². The summed E-state index contributed by atoms with van der Waals surface area (Å²) in [6.45, 7) is 3.93. The van der Waals surface area contributed by atoms with Crippen LogP contribution in [0.4, 0.5) is 0 Å². The van der Waals surface area contributed by atoms with Crippen molar-refractivity contribution in [3.8, 4) is 0 Å². The summed E-state index contributed by atoms with van der Waals surface area (Å²) >= 11 is 0. The zero-order valence-electron chi connectivity index (χ0n) is 14.7. The second-order valence-corrected chi connectivity index (χ2v) is 7.67. The maximum Gasteiger partial charge on any atom is 1.00 e. The van der Waals surface area contributed by atoms with E-state index in [0.29, 0.717) is 25.7 Å². The summed E-state index contributed by atoms with van der Waals surface area (Å²) in [5, 5.41) is 9.10. The van der Waals surface area contributed by atoms with Gasteiger partial charge in [0.15, 0.2) is 0 Å². The van der Waals surface area contributed by atoms with Crippen molar-refractivity contribution in [2.45, 2.75) is 102 Å². The van der Waals surface area contributed by atoms with Crippen molar-refractivity contribution < 1.29 is 69.5 Å². The van der Waals surface area contributed by atoms with Gasteiger partial charge >= 0.3 is 51.4 Å². The predicted molar refractivity (Wildman–Crippen MR) is 86.2 cm³/mol. The van der Waals surface area contributed by atoms with Gasteiger partial charge in [-0.1, -0.05) is 65.2 Å². The van der Waals surface area contributed by atoms with Gasteiger partial charge in [-0.15, -0.1) is 0 Å². The summed E-state index contributed by atoms with van der Waals surface area (Å²) in [6.07, 6.45) is 10.9. The maximum absolute atomic E-state index is 10.9. The van der Waals surface area contributed by atoms with E-state index < -0.39 is 15.4 Å². The van der Waals surface area contributed by atoms with Crippen LogP contribution >= 0.6 is 0 Å². The molecule has 0 aromatic rings. The largest absolute Gasteiger partial charge is 1.00 e. The first-order chi connectivity index (χ1) is 9.91. The van der Waals surface area contributed by atoms with E-state index in [1.165, 1.54) is 32.1 Å². The molecule has 4 nitrogen and oxygen atoms in total. The van der Waals surface area contributed by atoms with E-state index in [4.69, 9.17) is 0 Å². The third-order valence-corrected chi connectivity index (χ3v) is 5.45. The van der Waals surface area contributed by atoms with Gasteiger partial charge in [-0.25, -0.2) is 8.42 Å². The number of aliphatic hydroxyl groups is 1. The Morgan fingerprint density at radius 1 is 0.864 bits per heavy atom. The fraction of sp³-hybridized carbons (Fsp3) is 1.00. The molecule has 0 fully saturated rings. The smallest absolute Gasteiger partial charge is 0.748 e. The predicted octanol–water partition coefficient (Wildman–Crippen LogP) is 0.986. The summed E-state index contributed by atoms with van der Waals surface area (Å²) in [5.74, 6) is 0. The summed E-state index contributed by atoms with van der Waals surface area (Å²) < 4.78 is 32.8. The van der Waals surface area contributed by atoms with Crippen molar-refractivity contribution in [1.29, 1.82) is 0 Å². The van der Waals surface area contributed by atoms with Crippen LogP contribution in [-0.4, -0.2) is 29.4 Å². The third kappa shape index (κ3) is 15.1. The van der Waals surface area contributed by atoms with Gasteiger partial charge in [-0.05, 0) is 25.7 Å². The van der Waals surface area contributed by atoms with Crippen LogP contribution in [0.15, 0.2) is 0 Å². The van der Waals surface area contributed by atoms with Crippen molar-refractivity contribution in [1.82, 2.24) is 0 Å². The molecule has 0 aliphatic carbocycles. The molecule has 6 heteroatoms. The maximum atomic E-state index is 10.9. The van der Waals surface area contributed by atoms with E-state index in [-0.39, 0.29) is 57.5 Å². The van der Waals surface area contributed by atoms with Crippen LogP contribution in [0.25, 0.3) is 0 Å². The minimum absolute atomic E-state index is 0. The van der Waals surface area contributed by atoms with Crippen LogP contribution in [0.5, 0.6) is 0 Å². The Labute approximate surface area is 180 Å². The number of aliphatic hydroxyl groups excluding tert-OH is 1. The zero-order chi connectivity index (χ0) is 16.1. The van der Waals surface area contributed by atoms with E-state index in [2.05, 4.69) is 6.92 Å². The van der Waals surface area contributed by atoms with Crippen LogP contribution in [-0.2, 0) is 10.1 Å². The van der Waals surface area contributed by atoms with E-state index in [0.717, 1.165) is 19.3 Å². The molecule has 0 radical (unpaired) electrons. The van der Waals surface area contributed by atoms with Crippen molar-refractivity contribution >= 4 is 10.1 Å². The Kier molecular flexibility index (Phi) is 18.7. The molecule has 0 aromatic carbocycles. The van der Waals surface area contributed by atoms with E-state index in [9.17, 15) is 18.1 Å². The molecular formula is C16H33KO4S. The standard InChI is InChI=1S/C16H34O4S.K/c1-3-5-6-7-8-9-12-15(17)13-10-11-14-16(4-2)21(18,19)20;/h15-17H,3-14H2,1-2H3,(H,18,19,20);/q;+1/p-1.